The molecule has 0 unspecified atom stereocenters. The number of halogens is 2. The van der Waals surface area contributed by atoms with E-state index >= 15 is 0 Å². The number of nitrogens with zero attached hydrogens (tertiary/aromatic N) is 5. The fourth-order valence-corrected chi connectivity index (χ4v) is 4.72. The lowest BCUT2D eigenvalue weighted by molar-refractivity contribution is 0.0360. The number of nitrogen functional groups attached to an aromatic ring is 1. The maximum absolute atomic E-state index is 14.8. The summed E-state index contributed by atoms with van der Waals surface area (Å²) in [7, 11) is 0. The Morgan fingerprint density at radius 2 is 1.77 bits per heavy atom. The third-order valence-electron chi connectivity index (χ3n) is 6.72. The standard InChI is InChI=1S/C25H32F2N6O2/c1-3-35-18-12-20(26)19(21(27)13-18)15-33-25(17-4-5-17)16(2)24(30-33)22-14-23(28)32(29-22)7-6-31-8-10-34-11-9-31/h12-14,17H,3-11,15,28H2,1-2H3. The lowest BCUT2D eigenvalue weighted by Gasteiger charge is -2.26. The number of hydrogen-bond acceptors (Lipinski definition) is 6. The van der Waals surface area contributed by atoms with Crippen LogP contribution >= 0.6 is 0 Å². The Hall–Kier alpha value is -2.98. The van der Waals surface area contributed by atoms with Crippen molar-refractivity contribution in [2.75, 3.05) is 45.2 Å². The van der Waals surface area contributed by atoms with Gasteiger partial charge in [0.1, 0.15) is 34.6 Å². The SMILES string of the molecule is CCOc1cc(F)c(Cn2nc(-c3cc(N)n(CCN4CCOCC4)n3)c(C)c2C2CC2)c(F)c1. The predicted molar refractivity (Wildman–Crippen MR) is 128 cm³/mol. The fourth-order valence-electron chi connectivity index (χ4n) is 4.72. The molecule has 3 heterocycles. The smallest absolute Gasteiger partial charge is 0.134 e. The van der Waals surface area contributed by atoms with Gasteiger partial charge in [0.25, 0.3) is 0 Å². The molecule has 3 aromatic rings. The highest BCUT2D eigenvalue weighted by Crippen LogP contribution is 2.44. The molecule has 10 heteroatoms. The number of anilines is 1. The minimum atomic E-state index is -0.637. The zero-order valence-corrected chi connectivity index (χ0v) is 20.3. The average molecular weight is 487 g/mol. The highest BCUT2D eigenvalue weighted by Gasteiger charge is 2.32. The molecular formula is C25H32F2N6O2. The second kappa shape index (κ2) is 9.94. The van der Waals surface area contributed by atoms with E-state index in [9.17, 15) is 8.78 Å². The first-order valence-electron chi connectivity index (χ1n) is 12.3. The summed E-state index contributed by atoms with van der Waals surface area (Å²) in [4.78, 5) is 2.33. The average Bonchev–Trinajstić information content (AvgIpc) is 3.52. The van der Waals surface area contributed by atoms with E-state index in [2.05, 4.69) is 4.90 Å². The van der Waals surface area contributed by atoms with Gasteiger partial charge >= 0.3 is 0 Å². The highest BCUT2D eigenvalue weighted by atomic mass is 19.1. The predicted octanol–water partition coefficient (Wildman–Crippen LogP) is 3.57. The molecule has 0 spiro atoms. The monoisotopic (exact) mass is 486 g/mol. The number of morpholine rings is 1. The summed E-state index contributed by atoms with van der Waals surface area (Å²) in [6.07, 6.45) is 2.08. The van der Waals surface area contributed by atoms with Crippen LogP contribution in [0, 0.1) is 18.6 Å². The van der Waals surface area contributed by atoms with E-state index in [1.165, 1.54) is 12.1 Å². The summed E-state index contributed by atoms with van der Waals surface area (Å²) < 4.78 is 43.8. The van der Waals surface area contributed by atoms with Crippen molar-refractivity contribution in [3.63, 3.8) is 0 Å². The van der Waals surface area contributed by atoms with Crippen LogP contribution in [0.1, 0.15) is 42.5 Å². The van der Waals surface area contributed by atoms with Crippen molar-refractivity contribution in [1.29, 1.82) is 0 Å². The van der Waals surface area contributed by atoms with E-state index in [1.54, 1.807) is 16.3 Å². The minimum absolute atomic E-state index is 0.00394. The van der Waals surface area contributed by atoms with Crippen molar-refractivity contribution in [1.82, 2.24) is 24.5 Å². The van der Waals surface area contributed by atoms with Gasteiger partial charge in [-0.1, -0.05) is 0 Å². The number of aromatic nitrogens is 4. The lowest BCUT2D eigenvalue weighted by atomic mass is 10.1. The summed E-state index contributed by atoms with van der Waals surface area (Å²) in [5, 5.41) is 9.50. The number of nitrogens with two attached hydrogens (primary N) is 1. The van der Waals surface area contributed by atoms with Gasteiger partial charge in [0.15, 0.2) is 0 Å². The van der Waals surface area contributed by atoms with Gasteiger partial charge in [0.05, 0.1) is 32.9 Å². The summed E-state index contributed by atoms with van der Waals surface area (Å²) in [5.74, 6) is -0.184. The number of rotatable bonds is 9. The van der Waals surface area contributed by atoms with E-state index in [0.29, 0.717) is 36.3 Å². The van der Waals surface area contributed by atoms with E-state index < -0.39 is 11.6 Å². The molecule has 0 bridgehead atoms. The summed E-state index contributed by atoms with van der Waals surface area (Å²) in [6, 6.07) is 4.29. The molecule has 0 amide bonds. The molecule has 2 aromatic heterocycles. The first-order chi connectivity index (χ1) is 16.9. The quantitative estimate of drug-likeness (QED) is 0.498. The van der Waals surface area contributed by atoms with Crippen molar-refractivity contribution in [3.05, 3.63) is 46.7 Å². The van der Waals surface area contributed by atoms with Crippen LogP contribution in [0.5, 0.6) is 5.75 Å². The molecule has 5 rings (SSSR count). The zero-order valence-electron chi connectivity index (χ0n) is 20.3. The number of benzene rings is 1. The Morgan fingerprint density at radius 3 is 2.43 bits per heavy atom. The van der Waals surface area contributed by atoms with E-state index in [-0.39, 0.29) is 17.9 Å². The van der Waals surface area contributed by atoms with Gasteiger partial charge in [0, 0.05) is 60.6 Å². The van der Waals surface area contributed by atoms with Crippen molar-refractivity contribution < 1.29 is 18.3 Å². The topological polar surface area (TPSA) is 83.4 Å². The third kappa shape index (κ3) is 5.04. The number of ether oxygens (including phenoxy) is 2. The van der Waals surface area contributed by atoms with Gasteiger partial charge in [-0.2, -0.15) is 10.2 Å². The van der Waals surface area contributed by atoms with Crippen LogP contribution in [0.3, 0.4) is 0 Å². The molecule has 0 atom stereocenters. The highest BCUT2D eigenvalue weighted by molar-refractivity contribution is 5.63. The zero-order chi connectivity index (χ0) is 24.5. The lowest BCUT2D eigenvalue weighted by Crippen LogP contribution is -2.38. The Kier molecular flexibility index (Phi) is 6.75. The van der Waals surface area contributed by atoms with Crippen LogP contribution in [0.25, 0.3) is 11.4 Å². The van der Waals surface area contributed by atoms with E-state index in [1.807, 2.05) is 13.0 Å². The molecule has 2 fully saturated rings. The fraction of sp³-hybridized carbons (Fsp3) is 0.520. The Labute approximate surface area is 203 Å². The van der Waals surface area contributed by atoms with Crippen molar-refractivity contribution in [3.8, 4) is 17.1 Å². The molecular weight excluding hydrogens is 454 g/mol. The van der Waals surface area contributed by atoms with Gasteiger partial charge in [-0.05, 0) is 26.7 Å². The van der Waals surface area contributed by atoms with Crippen molar-refractivity contribution >= 4 is 5.82 Å². The van der Waals surface area contributed by atoms with Crippen molar-refractivity contribution in [2.24, 2.45) is 0 Å². The van der Waals surface area contributed by atoms with E-state index in [0.717, 1.165) is 56.9 Å². The first-order valence-corrected chi connectivity index (χ1v) is 12.3. The van der Waals surface area contributed by atoms with Gasteiger partial charge in [0.2, 0.25) is 0 Å². The summed E-state index contributed by atoms with van der Waals surface area (Å²) >= 11 is 0. The molecule has 2 aliphatic rings. The van der Waals surface area contributed by atoms with Crippen LogP contribution in [-0.4, -0.2) is 63.9 Å². The van der Waals surface area contributed by atoms with Gasteiger partial charge in [-0.15, -0.1) is 0 Å². The third-order valence-corrected chi connectivity index (χ3v) is 6.72. The Morgan fingerprint density at radius 1 is 1.06 bits per heavy atom. The number of hydrogen-bond donors (Lipinski definition) is 1. The molecule has 0 radical (unpaired) electrons. The molecule has 8 nitrogen and oxygen atoms in total. The second-order valence-corrected chi connectivity index (χ2v) is 9.22. The molecule has 35 heavy (non-hydrogen) atoms. The molecule has 188 valence electrons. The molecule has 1 aliphatic heterocycles. The van der Waals surface area contributed by atoms with Crippen LogP contribution in [0.2, 0.25) is 0 Å². The molecule has 2 N–H and O–H groups in total. The van der Waals surface area contributed by atoms with Gasteiger partial charge in [-0.25, -0.2) is 13.5 Å². The maximum atomic E-state index is 14.8. The molecule has 1 saturated heterocycles. The largest absolute Gasteiger partial charge is 0.494 e. The van der Waals surface area contributed by atoms with Gasteiger partial charge < -0.3 is 15.2 Å². The second-order valence-electron chi connectivity index (χ2n) is 9.22. The Balaban J connectivity index is 1.41. The van der Waals surface area contributed by atoms with Crippen LogP contribution in [0.15, 0.2) is 18.2 Å². The van der Waals surface area contributed by atoms with Crippen LogP contribution in [0.4, 0.5) is 14.6 Å². The van der Waals surface area contributed by atoms with Crippen LogP contribution < -0.4 is 10.5 Å². The maximum Gasteiger partial charge on any atom is 0.134 e. The molecule has 1 aromatic carbocycles. The Bertz CT molecular complexity index is 1170. The van der Waals surface area contributed by atoms with Gasteiger partial charge in [-0.3, -0.25) is 9.58 Å². The summed E-state index contributed by atoms with van der Waals surface area (Å²) in [6.45, 7) is 8.93. The van der Waals surface area contributed by atoms with Crippen LogP contribution in [-0.2, 0) is 17.8 Å². The molecule has 1 aliphatic carbocycles. The van der Waals surface area contributed by atoms with Crippen molar-refractivity contribution in [2.45, 2.75) is 45.7 Å². The minimum Gasteiger partial charge on any atom is -0.494 e. The van der Waals surface area contributed by atoms with E-state index in [4.69, 9.17) is 25.4 Å². The molecule has 1 saturated carbocycles. The first kappa shape index (κ1) is 23.7. The summed E-state index contributed by atoms with van der Waals surface area (Å²) in [5.41, 5.74) is 9.62. The normalized spacial score (nSPS) is 16.7.